The Hall–Kier alpha value is -2.05. The van der Waals surface area contributed by atoms with Crippen LogP contribution in [-0.4, -0.2) is 24.5 Å². The average molecular weight is 264 g/mol. The minimum atomic E-state index is -4.26. The SMILES string of the molecule is O=C1C=CC(=O)C(c2ccc(S(=O)(=O)O)cc2)=C1. The van der Waals surface area contributed by atoms with Gasteiger partial charge in [0.15, 0.2) is 11.6 Å². The third-order valence-electron chi connectivity index (χ3n) is 2.41. The van der Waals surface area contributed by atoms with Crippen LogP contribution in [0.15, 0.2) is 47.4 Å². The molecule has 0 saturated heterocycles. The van der Waals surface area contributed by atoms with Crippen molar-refractivity contribution >= 4 is 27.3 Å². The van der Waals surface area contributed by atoms with E-state index in [9.17, 15) is 18.0 Å². The predicted molar refractivity (Wildman–Crippen MR) is 63.4 cm³/mol. The van der Waals surface area contributed by atoms with Crippen LogP contribution in [0, 0.1) is 0 Å². The zero-order chi connectivity index (χ0) is 13.3. The number of benzene rings is 1. The van der Waals surface area contributed by atoms with Gasteiger partial charge in [0.1, 0.15) is 0 Å². The lowest BCUT2D eigenvalue weighted by atomic mass is 9.96. The van der Waals surface area contributed by atoms with E-state index in [0.29, 0.717) is 5.56 Å². The van der Waals surface area contributed by atoms with Gasteiger partial charge in [0.2, 0.25) is 0 Å². The molecule has 5 nitrogen and oxygen atoms in total. The second-order valence-electron chi connectivity index (χ2n) is 3.66. The van der Waals surface area contributed by atoms with Gasteiger partial charge in [0, 0.05) is 5.57 Å². The maximum atomic E-state index is 11.5. The van der Waals surface area contributed by atoms with Gasteiger partial charge in [-0.3, -0.25) is 14.1 Å². The summed E-state index contributed by atoms with van der Waals surface area (Å²) < 4.78 is 30.5. The normalized spacial score (nSPS) is 15.7. The van der Waals surface area contributed by atoms with Crippen molar-refractivity contribution in [3.05, 3.63) is 48.1 Å². The quantitative estimate of drug-likeness (QED) is 0.636. The Morgan fingerprint density at radius 2 is 1.56 bits per heavy atom. The lowest BCUT2D eigenvalue weighted by Crippen LogP contribution is -2.07. The summed E-state index contributed by atoms with van der Waals surface area (Å²) in [6.45, 7) is 0. The molecule has 1 aliphatic carbocycles. The number of hydrogen-bond donors (Lipinski definition) is 1. The molecule has 0 aromatic heterocycles. The lowest BCUT2D eigenvalue weighted by molar-refractivity contribution is -0.113. The number of carbonyl (C=O) groups is 2. The average Bonchev–Trinajstić information content (AvgIpc) is 2.31. The Kier molecular flexibility index (Phi) is 2.98. The maximum absolute atomic E-state index is 11.5. The molecule has 0 spiro atoms. The van der Waals surface area contributed by atoms with Crippen molar-refractivity contribution in [2.24, 2.45) is 0 Å². The molecule has 1 aromatic carbocycles. The minimum Gasteiger partial charge on any atom is -0.290 e. The van der Waals surface area contributed by atoms with E-state index in [-0.39, 0.29) is 22.0 Å². The maximum Gasteiger partial charge on any atom is 0.294 e. The fourth-order valence-corrected chi connectivity index (χ4v) is 2.02. The summed E-state index contributed by atoms with van der Waals surface area (Å²) >= 11 is 0. The zero-order valence-corrected chi connectivity index (χ0v) is 9.85. The summed E-state index contributed by atoms with van der Waals surface area (Å²) in [5.41, 5.74) is 0.620. The van der Waals surface area contributed by atoms with E-state index < -0.39 is 10.1 Å². The Labute approximate surface area is 103 Å². The molecule has 0 amide bonds. The Balaban J connectivity index is 2.42. The number of carbonyl (C=O) groups excluding carboxylic acids is 2. The summed E-state index contributed by atoms with van der Waals surface area (Å²) in [6, 6.07) is 5.06. The van der Waals surface area contributed by atoms with Crippen LogP contribution < -0.4 is 0 Å². The first kappa shape index (κ1) is 12.4. The van der Waals surface area contributed by atoms with Crippen molar-refractivity contribution in [1.82, 2.24) is 0 Å². The first-order valence-corrected chi connectivity index (χ1v) is 6.38. The van der Waals surface area contributed by atoms with Crippen LogP contribution in [0.1, 0.15) is 5.56 Å². The van der Waals surface area contributed by atoms with Crippen LogP contribution in [0.2, 0.25) is 0 Å². The number of rotatable bonds is 2. The third-order valence-corrected chi connectivity index (χ3v) is 3.28. The van der Waals surface area contributed by atoms with Crippen molar-refractivity contribution in [2.45, 2.75) is 4.90 Å². The summed E-state index contributed by atoms with van der Waals surface area (Å²) in [6.07, 6.45) is 3.51. The van der Waals surface area contributed by atoms with Crippen LogP contribution in [0.25, 0.3) is 5.57 Å². The highest BCUT2D eigenvalue weighted by molar-refractivity contribution is 7.85. The first-order chi connectivity index (χ1) is 8.38. The molecule has 1 aromatic rings. The molecule has 92 valence electrons. The molecular weight excluding hydrogens is 256 g/mol. The Bertz CT molecular complexity index is 678. The third kappa shape index (κ3) is 2.44. The molecule has 0 bridgehead atoms. The van der Waals surface area contributed by atoms with E-state index >= 15 is 0 Å². The number of allylic oxidation sites excluding steroid dienone is 4. The molecule has 0 saturated carbocycles. The molecule has 0 fully saturated rings. The second-order valence-corrected chi connectivity index (χ2v) is 5.08. The molecule has 1 N–H and O–H groups in total. The zero-order valence-electron chi connectivity index (χ0n) is 9.03. The van der Waals surface area contributed by atoms with Crippen molar-refractivity contribution < 1.29 is 22.6 Å². The van der Waals surface area contributed by atoms with Crippen molar-refractivity contribution in [3.8, 4) is 0 Å². The second kappa shape index (κ2) is 4.32. The van der Waals surface area contributed by atoms with Gasteiger partial charge in [-0.05, 0) is 35.9 Å². The molecule has 0 heterocycles. The van der Waals surface area contributed by atoms with E-state index in [4.69, 9.17) is 4.55 Å². The molecule has 0 unspecified atom stereocenters. The molecule has 0 aliphatic heterocycles. The van der Waals surface area contributed by atoms with Crippen molar-refractivity contribution in [1.29, 1.82) is 0 Å². The van der Waals surface area contributed by atoms with Gasteiger partial charge in [-0.2, -0.15) is 8.42 Å². The van der Waals surface area contributed by atoms with Gasteiger partial charge in [-0.1, -0.05) is 12.1 Å². The standard InChI is InChI=1S/C12H8O5S/c13-9-3-6-12(14)11(7-9)8-1-4-10(5-2-8)18(15,16)17/h1-7H,(H,15,16,17). The van der Waals surface area contributed by atoms with E-state index in [0.717, 1.165) is 6.08 Å². The Morgan fingerprint density at radius 3 is 2.11 bits per heavy atom. The van der Waals surface area contributed by atoms with Crippen molar-refractivity contribution in [3.63, 3.8) is 0 Å². The molecule has 0 radical (unpaired) electrons. The molecule has 0 atom stereocenters. The predicted octanol–water partition coefficient (Wildman–Crippen LogP) is 1.02. The monoisotopic (exact) mass is 264 g/mol. The van der Waals surface area contributed by atoms with Gasteiger partial charge in [-0.15, -0.1) is 0 Å². The van der Waals surface area contributed by atoms with Gasteiger partial charge in [-0.25, -0.2) is 0 Å². The summed E-state index contributed by atoms with van der Waals surface area (Å²) in [5.74, 6) is -0.627. The van der Waals surface area contributed by atoms with Gasteiger partial charge < -0.3 is 0 Å². The van der Waals surface area contributed by atoms with E-state index in [2.05, 4.69) is 0 Å². The van der Waals surface area contributed by atoms with Crippen LogP contribution in [-0.2, 0) is 19.7 Å². The smallest absolute Gasteiger partial charge is 0.290 e. The van der Waals surface area contributed by atoms with Crippen molar-refractivity contribution in [2.75, 3.05) is 0 Å². The highest BCUT2D eigenvalue weighted by Crippen LogP contribution is 2.20. The van der Waals surface area contributed by atoms with Crippen LogP contribution in [0.5, 0.6) is 0 Å². The first-order valence-electron chi connectivity index (χ1n) is 4.94. The number of ketones is 2. The molecular formula is C12H8O5S. The van der Waals surface area contributed by atoms with E-state index in [1.54, 1.807) is 0 Å². The summed E-state index contributed by atoms with van der Waals surface area (Å²) in [5, 5.41) is 0. The number of hydrogen-bond acceptors (Lipinski definition) is 4. The minimum absolute atomic E-state index is 0.199. The molecule has 6 heteroatoms. The lowest BCUT2D eigenvalue weighted by Gasteiger charge is -2.07. The highest BCUT2D eigenvalue weighted by atomic mass is 32.2. The van der Waals surface area contributed by atoms with Crippen LogP contribution in [0.3, 0.4) is 0 Å². The van der Waals surface area contributed by atoms with E-state index in [1.807, 2.05) is 0 Å². The van der Waals surface area contributed by atoms with Crippen LogP contribution >= 0.6 is 0 Å². The van der Waals surface area contributed by atoms with Gasteiger partial charge in [0.25, 0.3) is 10.1 Å². The largest absolute Gasteiger partial charge is 0.294 e. The van der Waals surface area contributed by atoms with Gasteiger partial charge >= 0.3 is 0 Å². The van der Waals surface area contributed by atoms with Gasteiger partial charge in [0.05, 0.1) is 4.90 Å². The highest BCUT2D eigenvalue weighted by Gasteiger charge is 2.16. The van der Waals surface area contributed by atoms with E-state index in [1.165, 1.54) is 36.4 Å². The molecule has 2 rings (SSSR count). The Morgan fingerprint density at radius 1 is 0.944 bits per heavy atom. The summed E-state index contributed by atoms with van der Waals surface area (Å²) in [4.78, 5) is 22.4. The molecule has 1 aliphatic rings. The molecule has 18 heavy (non-hydrogen) atoms. The fourth-order valence-electron chi connectivity index (χ4n) is 1.54. The fraction of sp³-hybridized carbons (Fsp3) is 0. The topological polar surface area (TPSA) is 88.5 Å². The van der Waals surface area contributed by atoms with Crippen LogP contribution in [0.4, 0.5) is 0 Å². The summed E-state index contributed by atoms with van der Waals surface area (Å²) in [7, 11) is -4.26.